The largest absolute Gasteiger partial charge is 0.480 e. The fraction of sp³-hybridized carbons (Fsp3) is 0.417. The summed E-state index contributed by atoms with van der Waals surface area (Å²) >= 11 is 9.24. The Hall–Kier alpha value is -0.620. The molecule has 1 saturated heterocycles. The van der Waals surface area contributed by atoms with Crippen LogP contribution in [0.5, 0.6) is 0 Å². The van der Waals surface area contributed by atoms with Gasteiger partial charge in [-0.15, -0.1) is 0 Å². The maximum Gasteiger partial charge on any atom is 0.325 e. The van der Waals surface area contributed by atoms with Crippen molar-refractivity contribution in [3.05, 3.63) is 33.3 Å². The number of ether oxygens (including phenoxy) is 1. The van der Waals surface area contributed by atoms with Gasteiger partial charge in [-0.2, -0.15) is 0 Å². The van der Waals surface area contributed by atoms with Crippen molar-refractivity contribution in [2.45, 2.75) is 6.04 Å². The first-order valence-corrected chi connectivity index (χ1v) is 6.76. The Balaban J connectivity index is 2.28. The van der Waals surface area contributed by atoms with Crippen LogP contribution >= 0.6 is 27.5 Å². The molecule has 1 unspecified atom stereocenters. The van der Waals surface area contributed by atoms with E-state index in [0.29, 0.717) is 35.8 Å². The van der Waals surface area contributed by atoms with Gasteiger partial charge >= 0.3 is 5.97 Å². The molecule has 18 heavy (non-hydrogen) atoms. The molecule has 0 aromatic heterocycles. The lowest BCUT2D eigenvalue weighted by molar-refractivity contribution is -0.145. The molecule has 1 aromatic rings. The minimum Gasteiger partial charge on any atom is -0.480 e. The van der Waals surface area contributed by atoms with Gasteiger partial charge in [-0.25, -0.2) is 0 Å². The number of rotatable bonds is 3. The van der Waals surface area contributed by atoms with Crippen LogP contribution in [0, 0.1) is 0 Å². The van der Waals surface area contributed by atoms with Gasteiger partial charge in [-0.05, 0) is 33.6 Å². The number of morpholine rings is 1. The van der Waals surface area contributed by atoms with Crippen molar-refractivity contribution >= 4 is 33.5 Å². The van der Waals surface area contributed by atoms with Gasteiger partial charge in [-0.1, -0.05) is 17.7 Å². The van der Waals surface area contributed by atoms with E-state index in [1.54, 1.807) is 18.2 Å². The normalized spacial score (nSPS) is 18.6. The lowest BCUT2D eigenvalue weighted by Gasteiger charge is -2.32. The quantitative estimate of drug-likeness (QED) is 0.923. The Morgan fingerprint density at radius 2 is 2.11 bits per heavy atom. The van der Waals surface area contributed by atoms with Crippen LogP contribution in [0.1, 0.15) is 11.6 Å². The van der Waals surface area contributed by atoms with Crippen LogP contribution in [0.15, 0.2) is 22.7 Å². The third kappa shape index (κ3) is 3.03. The van der Waals surface area contributed by atoms with E-state index in [4.69, 9.17) is 16.3 Å². The molecule has 4 nitrogen and oxygen atoms in total. The molecule has 0 amide bonds. The number of carboxylic acid groups (broad SMARTS) is 1. The predicted octanol–water partition coefficient (Wildman–Crippen LogP) is 2.56. The van der Waals surface area contributed by atoms with Crippen molar-refractivity contribution in [1.82, 2.24) is 4.90 Å². The van der Waals surface area contributed by atoms with Gasteiger partial charge in [0.25, 0.3) is 0 Å². The Bertz CT molecular complexity index is 449. The number of carboxylic acids is 1. The van der Waals surface area contributed by atoms with E-state index in [0.717, 1.165) is 5.56 Å². The van der Waals surface area contributed by atoms with Crippen molar-refractivity contribution in [2.75, 3.05) is 26.3 Å². The Kier molecular flexibility index (Phi) is 4.61. The van der Waals surface area contributed by atoms with Crippen LogP contribution < -0.4 is 0 Å². The SMILES string of the molecule is O=C(O)C(c1ccc(Cl)c(Br)c1)N1CCOCC1. The predicted molar refractivity (Wildman–Crippen MR) is 71.9 cm³/mol. The minimum atomic E-state index is -0.855. The highest BCUT2D eigenvalue weighted by Gasteiger charge is 2.28. The molecule has 1 atom stereocenters. The zero-order valence-corrected chi connectivity index (χ0v) is 11.9. The Morgan fingerprint density at radius 3 is 2.67 bits per heavy atom. The van der Waals surface area contributed by atoms with Gasteiger partial charge in [0, 0.05) is 17.6 Å². The standard InChI is InChI=1S/C12H13BrClNO3/c13-9-7-8(1-2-10(9)14)11(12(16)17)15-3-5-18-6-4-15/h1-2,7,11H,3-6H2,(H,16,17). The number of hydrogen-bond donors (Lipinski definition) is 1. The van der Waals surface area contributed by atoms with E-state index in [1.807, 2.05) is 4.90 Å². The van der Waals surface area contributed by atoms with E-state index in [-0.39, 0.29) is 0 Å². The summed E-state index contributed by atoms with van der Waals surface area (Å²) in [6.07, 6.45) is 0. The first-order valence-electron chi connectivity index (χ1n) is 5.59. The van der Waals surface area contributed by atoms with Gasteiger partial charge in [0.2, 0.25) is 0 Å². The summed E-state index contributed by atoms with van der Waals surface area (Å²) in [6.45, 7) is 2.38. The smallest absolute Gasteiger partial charge is 0.325 e. The van der Waals surface area contributed by atoms with E-state index in [1.165, 1.54) is 0 Å². The number of halogens is 2. The average Bonchev–Trinajstić information content (AvgIpc) is 2.35. The summed E-state index contributed by atoms with van der Waals surface area (Å²) in [4.78, 5) is 13.4. The van der Waals surface area contributed by atoms with Crippen molar-refractivity contribution in [3.8, 4) is 0 Å². The minimum absolute atomic E-state index is 0.568. The van der Waals surface area contributed by atoms with Crippen LogP contribution in [0.25, 0.3) is 0 Å². The van der Waals surface area contributed by atoms with E-state index < -0.39 is 12.0 Å². The molecule has 1 heterocycles. The molecule has 0 saturated carbocycles. The lowest BCUT2D eigenvalue weighted by atomic mass is 10.1. The van der Waals surface area contributed by atoms with Gasteiger partial charge in [0.1, 0.15) is 6.04 Å². The molecule has 0 aliphatic carbocycles. The number of nitrogens with zero attached hydrogens (tertiary/aromatic N) is 1. The monoisotopic (exact) mass is 333 g/mol. The summed E-state index contributed by atoms with van der Waals surface area (Å²) in [5.74, 6) is -0.855. The van der Waals surface area contributed by atoms with Crippen molar-refractivity contribution in [3.63, 3.8) is 0 Å². The molecule has 0 bridgehead atoms. The topological polar surface area (TPSA) is 49.8 Å². The summed E-state index contributed by atoms with van der Waals surface area (Å²) in [7, 11) is 0. The summed E-state index contributed by atoms with van der Waals surface area (Å²) in [5.41, 5.74) is 0.723. The van der Waals surface area contributed by atoms with Gasteiger partial charge in [0.15, 0.2) is 0 Å². The number of benzene rings is 1. The zero-order chi connectivity index (χ0) is 13.1. The second-order valence-corrected chi connectivity index (χ2v) is 5.32. The van der Waals surface area contributed by atoms with Crippen LogP contribution in [0.4, 0.5) is 0 Å². The number of hydrogen-bond acceptors (Lipinski definition) is 3. The Morgan fingerprint density at radius 1 is 1.44 bits per heavy atom. The Labute approximate surface area is 119 Å². The van der Waals surface area contributed by atoms with Gasteiger partial charge in [0.05, 0.1) is 18.2 Å². The second kappa shape index (κ2) is 6.02. The zero-order valence-electron chi connectivity index (χ0n) is 9.60. The highest BCUT2D eigenvalue weighted by Crippen LogP contribution is 2.29. The van der Waals surface area contributed by atoms with Crippen LogP contribution in [-0.4, -0.2) is 42.3 Å². The molecule has 1 N–H and O–H groups in total. The van der Waals surface area contributed by atoms with Gasteiger partial charge < -0.3 is 9.84 Å². The maximum absolute atomic E-state index is 11.5. The van der Waals surface area contributed by atoms with Gasteiger partial charge in [-0.3, -0.25) is 9.69 Å². The van der Waals surface area contributed by atoms with Crippen molar-refractivity contribution in [2.24, 2.45) is 0 Å². The van der Waals surface area contributed by atoms with Crippen molar-refractivity contribution < 1.29 is 14.6 Å². The lowest BCUT2D eigenvalue weighted by Crippen LogP contribution is -2.42. The molecule has 1 fully saturated rings. The highest BCUT2D eigenvalue weighted by molar-refractivity contribution is 9.10. The second-order valence-electron chi connectivity index (χ2n) is 4.06. The summed E-state index contributed by atoms with van der Waals surface area (Å²) in [6, 6.07) is 4.57. The third-order valence-corrected chi connectivity index (χ3v) is 4.12. The molecular weight excluding hydrogens is 321 g/mol. The molecule has 1 aromatic carbocycles. The van der Waals surface area contributed by atoms with Crippen LogP contribution in [0.3, 0.4) is 0 Å². The molecule has 0 spiro atoms. The molecule has 6 heteroatoms. The fourth-order valence-corrected chi connectivity index (χ4v) is 2.54. The average molecular weight is 335 g/mol. The van der Waals surface area contributed by atoms with E-state index in [2.05, 4.69) is 15.9 Å². The third-order valence-electron chi connectivity index (χ3n) is 2.90. The first kappa shape index (κ1) is 13.8. The molecule has 98 valence electrons. The number of carbonyl (C=O) groups is 1. The molecule has 1 aliphatic rings. The highest BCUT2D eigenvalue weighted by atomic mass is 79.9. The molecule has 0 radical (unpaired) electrons. The number of aliphatic carboxylic acids is 1. The van der Waals surface area contributed by atoms with Crippen LogP contribution in [-0.2, 0) is 9.53 Å². The van der Waals surface area contributed by atoms with E-state index in [9.17, 15) is 9.90 Å². The fourth-order valence-electron chi connectivity index (χ4n) is 2.03. The molecule has 2 rings (SSSR count). The maximum atomic E-state index is 11.5. The molecular formula is C12H13BrClNO3. The first-order chi connectivity index (χ1) is 8.59. The molecule has 1 aliphatic heterocycles. The van der Waals surface area contributed by atoms with Crippen LogP contribution in [0.2, 0.25) is 5.02 Å². The van der Waals surface area contributed by atoms with Crippen molar-refractivity contribution in [1.29, 1.82) is 0 Å². The summed E-state index contributed by atoms with van der Waals surface area (Å²) in [5, 5.41) is 9.98. The summed E-state index contributed by atoms with van der Waals surface area (Å²) < 4.78 is 5.95. The van der Waals surface area contributed by atoms with E-state index >= 15 is 0 Å².